The Morgan fingerprint density at radius 1 is 1.33 bits per heavy atom. The zero-order chi connectivity index (χ0) is 15.6. The molecule has 1 aliphatic heterocycles. The fourth-order valence-electron chi connectivity index (χ4n) is 2.72. The Kier molecular flexibility index (Phi) is 5.30. The van der Waals surface area contributed by atoms with E-state index in [9.17, 15) is 8.42 Å². The first-order valence-corrected chi connectivity index (χ1v) is 9.23. The molecule has 1 atom stereocenters. The normalized spacial score (nSPS) is 21.6. The van der Waals surface area contributed by atoms with Crippen LogP contribution in [0.3, 0.4) is 0 Å². The summed E-state index contributed by atoms with van der Waals surface area (Å²) in [4.78, 5) is 2.62. The molecular weight excluding hydrogens is 308 g/mol. The molecule has 1 unspecified atom stereocenters. The highest BCUT2D eigenvalue weighted by atomic mass is 35.5. The van der Waals surface area contributed by atoms with Gasteiger partial charge in [-0.25, -0.2) is 8.42 Å². The minimum atomic E-state index is -3.44. The van der Waals surface area contributed by atoms with Crippen LogP contribution in [0.5, 0.6) is 0 Å². The third kappa shape index (κ3) is 3.42. The molecule has 0 aliphatic carbocycles. The Morgan fingerprint density at radius 2 is 2.05 bits per heavy atom. The average Bonchev–Trinajstić information content (AvgIpc) is 2.47. The number of rotatable bonds is 4. The zero-order valence-corrected chi connectivity index (χ0v) is 14.4. The van der Waals surface area contributed by atoms with Crippen molar-refractivity contribution in [3.63, 3.8) is 0 Å². The Bertz CT molecular complexity index is 604. The van der Waals surface area contributed by atoms with Crippen molar-refractivity contribution >= 4 is 21.6 Å². The van der Waals surface area contributed by atoms with Crippen molar-refractivity contribution in [1.82, 2.24) is 9.21 Å². The zero-order valence-electron chi connectivity index (χ0n) is 12.8. The van der Waals surface area contributed by atoms with Gasteiger partial charge in [-0.05, 0) is 37.6 Å². The van der Waals surface area contributed by atoms with E-state index in [0.717, 1.165) is 24.1 Å². The van der Waals surface area contributed by atoms with E-state index in [1.165, 1.54) is 0 Å². The van der Waals surface area contributed by atoms with Crippen molar-refractivity contribution in [2.45, 2.75) is 37.1 Å². The number of likely N-dealkylation sites (N-methyl/N-ethyl adjacent to an activating group) is 1. The Balaban J connectivity index is 2.34. The topological polar surface area (TPSA) is 40.6 Å². The summed E-state index contributed by atoms with van der Waals surface area (Å²) < 4.78 is 27.4. The van der Waals surface area contributed by atoms with E-state index in [1.807, 2.05) is 19.1 Å². The van der Waals surface area contributed by atoms with E-state index < -0.39 is 10.0 Å². The fourth-order valence-corrected chi connectivity index (χ4v) is 4.63. The highest BCUT2D eigenvalue weighted by Gasteiger charge is 2.32. The van der Waals surface area contributed by atoms with Crippen LogP contribution >= 0.6 is 11.6 Å². The predicted octanol–water partition coefficient (Wildman–Crippen LogP) is 2.45. The van der Waals surface area contributed by atoms with Gasteiger partial charge < -0.3 is 4.90 Å². The van der Waals surface area contributed by atoms with Crippen LogP contribution in [-0.2, 0) is 15.9 Å². The van der Waals surface area contributed by atoms with Crippen molar-refractivity contribution in [2.24, 2.45) is 0 Å². The molecule has 6 heteroatoms. The largest absolute Gasteiger partial charge is 0.301 e. The van der Waals surface area contributed by atoms with Crippen LogP contribution in [0, 0.1) is 6.92 Å². The van der Waals surface area contributed by atoms with Gasteiger partial charge in [0.1, 0.15) is 0 Å². The predicted molar refractivity (Wildman–Crippen MR) is 86.2 cm³/mol. The molecule has 0 N–H and O–H groups in total. The minimum absolute atomic E-state index is 0.282. The molecule has 1 fully saturated rings. The number of piperazine rings is 1. The van der Waals surface area contributed by atoms with Crippen LogP contribution in [0.2, 0.25) is 0 Å². The summed E-state index contributed by atoms with van der Waals surface area (Å²) in [5.41, 5.74) is 1.61. The van der Waals surface area contributed by atoms with Crippen LogP contribution in [0.1, 0.15) is 24.5 Å². The summed E-state index contributed by atoms with van der Waals surface area (Å²) in [5.74, 6) is 0.323. The van der Waals surface area contributed by atoms with Gasteiger partial charge in [0.15, 0.2) is 0 Å². The smallest absolute Gasteiger partial charge is 0.243 e. The molecule has 0 spiro atoms. The molecule has 2 rings (SSSR count). The average molecular weight is 331 g/mol. The van der Waals surface area contributed by atoms with Crippen molar-refractivity contribution in [1.29, 1.82) is 0 Å². The lowest BCUT2D eigenvalue weighted by atomic mass is 10.1. The third-order valence-electron chi connectivity index (χ3n) is 4.24. The summed E-state index contributed by atoms with van der Waals surface area (Å²) in [6, 6.07) is 5.69. The van der Waals surface area contributed by atoms with Gasteiger partial charge in [0.2, 0.25) is 10.0 Å². The Labute approximate surface area is 132 Å². The molecule has 1 aromatic rings. The van der Waals surface area contributed by atoms with Gasteiger partial charge in [-0.2, -0.15) is 4.31 Å². The molecule has 118 valence electrons. The monoisotopic (exact) mass is 330 g/mol. The van der Waals surface area contributed by atoms with E-state index in [0.29, 0.717) is 23.9 Å². The summed E-state index contributed by atoms with van der Waals surface area (Å²) in [6.07, 6.45) is 0.948. The first kappa shape index (κ1) is 16.7. The number of aryl methyl sites for hydroxylation is 1. The maximum Gasteiger partial charge on any atom is 0.243 e. The van der Waals surface area contributed by atoms with E-state index in [4.69, 9.17) is 11.6 Å². The summed E-state index contributed by atoms with van der Waals surface area (Å²) >= 11 is 5.84. The van der Waals surface area contributed by atoms with Gasteiger partial charge in [-0.15, -0.1) is 11.6 Å². The van der Waals surface area contributed by atoms with E-state index >= 15 is 0 Å². The molecule has 1 saturated heterocycles. The number of hydrogen-bond acceptors (Lipinski definition) is 3. The van der Waals surface area contributed by atoms with Gasteiger partial charge >= 0.3 is 0 Å². The second-order valence-corrected chi connectivity index (χ2v) is 7.81. The highest BCUT2D eigenvalue weighted by molar-refractivity contribution is 7.89. The van der Waals surface area contributed by atoms with Crippen LogP contribution in [0.25, 0.3) is 0 Å². The molecule has 0 radical (unpaired) electrons. The number of hydrogen-bond donors (Lipinski definition) is 0. The maximum absolute atomic E-state index is 12.9. The molecule has 0 saturated carbocycles. The van der Waals surface area contributed by atoms with Gasteiger partial charge in [0, 0.05) is 31.6 Å². The van der Waals surface area contributed by atoms with Crippen molar-refractivity contribution in [2.75, 3.05) is 26.7 Å². The highest BCUT2D eigenvalue weighted by Crippen LogP contribution is 2.24. The number of nitrogens with zero attached hydrogens (tertiary/aromatic N) is 2. The lowest BCUT2D eigenvalue weighted by molar-refractivity contribution is 0.144. The molecule has 0 amide bonds. The van der Waals surface area contributed by atoms with Gasteiger partial charge in [0.05, 0.1) is 4.90 Å². The Morgan fingerprint density at radius 3 is 2.67 bits per heavy atom. The summed E-state index contributed by atoms with van der Waals surface area (Å²) in [7, 11) is -1.39. The minimum Gasteiger partial charge on any atom is -0.301 e. The molecule has 4 nitrogen and oxygen atoms in total. The van der Waals surface area contributed by atoms with Crippen LogP contribution in [0.4, 0.5) is 0 Å². The second kappa shape index (κ2) is 6.65. The maximum atomic E-state index is 12.9. The molecule has 0 aromatic heterocycles. The van der Waals surface area contributed by atoms with Gasteiger partial charge in [-0.3, -0.25) is 0 Å². The molecule has 0 bridgehead atoms. The van der Waals surface area contributed by atoms with Gasteiger partial charge in [0.25, 0.3) is 0 Å². The molecule has 1 heterocycles. The molecule has 1 aliphatic rings. The van der Waals surface area contributed by atoms with Crippen LogP contribution < -0.4 is 0 Å². The second-order valence-electron chi connectivity index (χ2n) is 5.64. The molecular formula is C15H23ClN2O2S. The lowest BCUT2D eigenvalue weighted by Crippen LogP contribution is -2.52. The summed E-state index contributed by atoms with van der Waals surface area (Å²) in [5, 5.41) is 0. The third-order valence-corrected chi connectivity index (χ3v) is 6.55. The van der Waals surface area contributed by atoms with Crippen LogP contribution in [0.15, 0.2) is 23.1 Å². The van der Waals surface area contributed by atoms with Crippen molar-refractivity contribution in [3.05, 3.63) is 29.3 Å². The molecule has 1 aromatic carbocycles. The van der Waals surface area contributed by atoms with Crippen LogP contribution in [-0.4, -0.2) is 50.3 Å². The van der Waals surface area contributed by atoms with Crippen molar-refractivity contribution < 1.29 is 8.42 Å². The van der Waals surface area contributed by atoms with Gasteiger partial charge in [-0.1, -0.05) is 19.1 Å². The number of sulfonamides is 1. The fraction of sp³-hybridized carbons (Fsp3) is 0.600. The standard InChI is InChI=1S/C15H23ClN2O2S/c1-4-14-11-18(8-7-17(14)3)21(19,20)15-9-13(10-16)6-5-12(15)2/h5-6,9,14H,4,7-8,10-11H2,1-3H3. The number of halogens is 1. The van der Waals surface area contributed by atoms with E-state index in [1.54, 1.807) is 10.4 Å². The number of alkyl halides is 1. The quantitative estimate of drug-likeness (QED) is 0.796. The van der Waals surface area contributed by atoms with Crippen molar-refractivity contribution in [3.8, 4) is 0 Å². The van der Waals surface area contributed by atoms with E-state index in [2.05, 4.69) is 18.9 Å². The molecule has 21 heavy (non-hydrogen) atoms. The number of benzene rings is 1. The van der Waals surface area contributed by atoms with E-state index in [-0.39, 0.29) is 6.04 Å². The Hall–Kier alpha value is -0.620. The lowest BCUT2D eigenvalue weighted by Gasteiger charge is -2.38. The SMILES string of the molecule is CCC1CN(S(=O)(=O)c2cc(CCl)ccc2C)CCN1C. The first-order chi connectivity index (χ1) is 9.90. The first-order valence-electron chi connectivity index (χ1n) is 7.26. The summed E-state index contributed by atoms with van der Waals surface area (Å²) in [6.45, 7) is 5.79.